The standard InChI is InChI=1S/C10H13N3/c1-7(2)8-5-4-6-9-10(8)11-12-13(9)3/h4-7H,1-3H3. The molecule has 0 saturated heterocycles. The molecule has 0 bridgehead atoms. The molecule has 2 rings (SSSR count). The van der Waals surface area contributed by atoms with Crippen LogP contribution in [0.15, 0.2) is 18.2 Å². The molecule has 3 heteroatoms. The fourth-order valence-electron chi connectivity index (χ4n) is 1.54. The van der Waals surface area contributed by atoms with Gasteiger partial charge in [0.15, 0.2) is 0 Å². The number of benzene rings is 1. The highest BCUT2D eigenvalue weighted by molar-refractivity contribution is 5.78. The van der Waals surface area contributed by atoms with Gasteiger partial charge < -0.3 is 0 Å². The summed E-state index contributed by atoms with van der Waals surface area (Å²) in [6.45, 7) is 4.34. The van der Waals surface area contributed by atoms with Crippen molar-refractivity contribution in [1.82, 2.24) is 15.0 Å². The first-order valence-corrected chi connectivity index (χ1v) is 4.48. The van der Waals surface area contributed by atoms with Gasteiger partial charge in [0.1, 0.15) is 5.52 Å². The fourth-order valence-corrected chi connectivity index (χ4v) is 1.54. The minimum Gasteiger partial charge on any atom is -0.248 e. The minimum absolute atomic E-state index is 0.500. The number of fused-ring (bicyclic) bond motifs is 1. The van der Waals surface area contributed by atoms with E-state index in [9.17, 15) is 0 Å². The van der Waals surface area contributed by atoms with Crippen LogP contribution in [0, 0.1) is 0 Å². The monoisotopic (exact) mass is 175 g/mol. The molecule has 0 aliphatic carbocycles. The first-order chi connectivity index (χ1) is 6.20. The Hall–Kier alpha value is -1.38. The van der Waals surface area contributed by atoms with Crippen LogP contribution in [0.1, 0.15) is 25.3 Å². The first-order valence-electron chi connectivity index (χ1n) is 4.48. The van der Waals surface area contributed by atoms with E-state index in [0.29, 0.717) is 5.92 Å². The molecule has 2 aromatic rings. The van der Waals surface area contributed by atoms with E-state index in [4.69, 9.17) is 0 Å². The van der Waals surface area contributed by atoms with Gasteiger partial charge in [-0.3, -0.25) is 0 Å². The van der Waals surface area contributed by atoms with E-state index in [1.807, 2.05) is 13.1 Å². The predicted octanol–water partition coefficient (Wildman–Crippen LogP) is 2.09. The Kier molecular flexibility index (Phi) is 1.79. The quantitative estimate of drug-likeness (QED) is 0.664. The molecule has 0 saturated carbocycles. The lowest BCUT2D eigenvalue weighted by molar-refractivity contribution is 0.736. The molecule has 1 aromatic carbocycles. The van der Waals surface area contributed by atoms with Gasteiger partial charge in [-0.1, -0.05) is 31.2 Å². The van der Waals surface area contributed by atoms with Gasteiger partial charge in [0, 0.05) is 7.05 Å². The molecular weight excluding hydrogens is 162 g/mol. The van der Waals surface area contributed by atoms with Crippen LogP contribution < -0.4 is 0 Å². The van der Waals surface area contributed by atoms with Gasteiger partial charge in [0.25, 0.3) is 0 Å². The molecule has 3 nitrogen and oxygen atoms in total. The number of nitrogens with zero attached hydrogens (tertiary/aromatic N) is 3. The molecular formula is C10H13N3. The van der Waals surface area contributed by atoms with Crippen LogP contribution in [0.3, 0.4) is 0 Å². The van der Waals surface area contributed by atoms with Gasteiger partial charge in [-0.25, -0.2) is 4.68 Å². The molecule has 0 radical (unpaired) electrons. The maximum Gasteiger partial charge on any atom is 0.116 e. The van der Waals surface area contributed by atoms with Gasteiger partial charge in [0.2, 0.25) is 0 Å². The van der Waals surface area contributed by atoms with Crippen LogP contribution in [0.5, 0.6) is 0 Å². The highest BCUT2D eigenvalue weighted by Crippen LogP contribution is 2.22. The second-order valence-corrected chi connectivity index (χ2v) is 3.58. The summed E-state index contributed by atoms with van der Waals surface area (Å²) < 4.78 is 1.81. The summed E-state index contributed by atoms with van der Waals surface area (Å²) >= 11 is 0. The van der Waals surface area contributed by atoms with Crippen molar-refractivity contribution >= 4 is 11.0 Å². The molecule has 1 aromatic heterocycles. The molecule has 68 valence electrons. The first kappa shape index (κ1) is 8.23. The molecule has 0 aliphatic rings. The van der Waals surface area contributed by atoms with E-state index in [0.717, 1.165) is 11.0 Å². The van der Waals surface area contributed by atoms with Crippen LogP contribution in [-0.2, 0) is 7.05 Å². The topological polar surface area (TPSA) is 30.7 Å². The second kappa shape index (κ2) is 2.83. The lowest BCUT2D eigenvalue weighted by Crippen LogP contribution is -1.90. The van der Waals surface area contributed by atoms with Crippen molar-refractivity contribution in [3.05, 3.63) is 23.8 Å². The molecule has 1 heterocycles. The van der Waals surface area contributed by atoms with Crippen molar-refractivity contribution in [3.8, 4) is 0 Å². The van der Waals surface area contributed by atoms with E-state index in [1.165, 1.54) is 5.56 Å². The summed E-state index contributed by atoms with van der Waals surface area (Å²) in [6, 6.07) is 6.21. The molecule has 0 unspecified atom stereocenters. The summed E-state index contributed by atoms with van der Waals surface area (Å²) in [7, 11) is 1.92. The van der Waals surface area contributed by atoms with Crippen molar-refractivity contribution in [3.63, 3.8) is 0 Å². The third-order valence-electron chi connectivity index (χ3n) is 2.30. The van der Waals surface area contributed by atoms with Crippen molar-refractivity contribution in [2.45, 2.75) is 19.8 Å². The Morgan fingerprint density at radius 3 is 2.77 bits per heavy atom. The lowest BCUT2D eigenvalue weighted by atomic mass is 10.0. The largest absolute Gasteiger partial charge is 0.248 e. The zero-order valence-corrected chi connectivity index (χ0v) is 8.15. The molecule has 0 aliphatic heterocycles. The Bertz CT molecular complexity index is 429. The minimum atomic E-state index is 0.500. The van der Waals surface area contributed by atoms with Crippen molar-refractivity contribution in [2.24, 2.45) is 7.05 Å². The zero-order chi connectivity index (χ0) is 9.42. The average molecular weight is 175 g/mol. The zero-order valence-electron chi connectivity index (χ0n) is 8.15. The number of rotatable bonds is 1. The van der Waals surface area contributed by atoms with E-state index < -0.39 is 0 Å². The van der Waals surface area contributed by atoms with E-state index in [1.54, 1.807) is 4.68 Å². The van der Waals surface area contributed by atoms with Crippen molar-refractivity contribution in [2.75, 3.05) is 0 Å². The predicted molar refractivity (Wildman–Crippen MR) is 52.6 cm³/mol. The van der Waals surface area contributed by atoms with E-state index >= 15 is 0 Å². The summed E-state index contributed by atoms with van der Waals surface area (Å²) in [5.41, 5.74) is 3.40. The van der Waals surface area contributed by atoms with Crippen LogP contribution in [0.4, 0.5) is 0 Å². The molecule has 0 fully saturated rings. The number of hydrogen-bond acceptors (Lipinski definition) is 2. The molecule has 0 spiro atoms. The third-order valence-corrected chi connectivity index (χ3v) is 2.30. The van der Waals surface area contributed by atoms with Gasteiger partial charge >= 0.3 is 0 Å². The molecule has 0 atom stereocenters. The molecule has 0 amide bonds. The smallest absolute Gasteiger partial charge is 0.116 e. The highest BCUT2D eigenvalue weighted by atomic mass is 15.4. The number of aryl methyl sites for hydroxylation is 1. The second-order valence-electron chi connectivity index (χ2n) is 3.58. The van der Waals surface area contributed by atoms with Crippen LogP contribution in [0.2, 0.25) is 0 Å². The van der Waals surface area contributed by atoms with Crippen LogP contribution in [-0.4, -0.2) is 15.0 Å². The summed E-state index contributed by atoms with van der Waals surface area (Å²) in [5, 5.41) is 8.16. The van der Waals surface area contributed by atoms with Gasteiger partial charge in [-0.05, 0) is 17.5 Å². The molecule has 0 N–H and O–H groups in total. The van der Waals surface area contributed by atoms with Gasteiger partial charge in [-0.15, -0.1) is 5.10 Å². The Balaban J connectivity index is 2.77. The Labute approximate surface area is 77.4 Å². The normalized spacial score (nSPS) is 11.4. The average Bonchev–Trinajstić information content (AvgIpc) is 2.48. The summed E-state index contributed by atoms with van der Waals surface area (Å²) in [4.78, 5) is 0. The number of aromatic nitrogens is 3. The van der Waals surface area contributed by atoms with Crippen LogP contribution in [0.25, 0.3) is 11.0 Å². The van der Waals surface area contributed by atoms with E-state index in [2.05, 4.69) is 36.3 Å². The Morgan fingerprint density at radius 1 is 1.31 bits per heavy atom. The van der Waals surface area contributed by atoms with E-state index in [-0.39, 0.29) is 0 Å². The summed E-state index contributed by atoms with van der Waals surface area (Å²) in [5.74, 6) is 0.500. The van der Waals surface area contributed by atoms with Crippen LogP contribution >= 0.6 is 0 Å². The van der Waals surface area contributed by atoms with Gasteiger partial charge in [-0.2, -0.15) is 0 Å². The lowest BCUT2D eigenvalue weighted by Gasteiger charge is -2.04. The van der Waals surface area contributed by atoms with Crippen molar-refractivity contribution < 1.29 is 0 Å². The third kappa shape index (κ3) is 1.20. The van der Waals surface area contributed by atoms with Crippen molar-refractivity contribution in [1.29, 1.82) is 0 Å². The fraction of sp³-hybridized carbons (Fsp3) is 0.400. The van der Waals surface area contributed by atoms with Gasteiger partial charge in [0.05, 0.1) is 5.52 Å². The summed E-state index contributed by atoms with van der Waals surface area (Å²) in [6.07, 6.45) is 0. The maximum atomic E-state index is 4.15. The highest BCUT2D eigenvalue weighted by Gasteiger charge is 2.08. The Morgan fingerprint density at radius 2 is 2.08 bits per heavy atom. The maximum absolute atomic E-state index is 4.15. The molecule has 13 heavy (non-hydrogen) atoms. The SMILES string of the molecule is CC(C)c1cccc2c1nnn2C. The number of hydrogen-bond donors (Lipinski definition) is 0.